The quantitative estimate of drug-likeness (QED) is 0.782. The highest BCUT2D eigenvalue weighted by Gasteiger charge is 2.39. The molecule has 1 aliphatic heterocycles. The molecule has 102 valence electrons. The number of carboxylic acids is 1. The second-order valence-electron chi connectivity index (χ2n) is 5.71. The largest absolute Gasteiger partial charge is 0.481 e. The van der Waals surface area contributed by atoms with Gasteiger partial charge in [0.2, 0.25) is 5.91 Å². The van der Waals surface area contributed by atoms with Gasteiger partial charge < -0.3 is 10.0 Å². The Hall–Kier alpha value is -1.32. The van der Waals surface area contributed by atoms with Crippen LogP contribution in [0.15, 0.2) is 11.6 Å². The summed E-state index contributed by atoms with van der Waals surface area (Å²) in [5.74, 6) is -1.02. The number of rotatable bonds is 4. The molecule has 0 aliphatic carbocycles. The molecule has 0 aromatic heterocycles. The molecule has 1 aliphatic rings. The Balaban J connectivity index is 2.74. The highest BCUT2D eigenvalue weighted by atomic mass is 16.4. The zero-order valence-electron chi connectivity index (χ0n) is 11.7. The van der Waals surface area contributed by atoms with Crippen LogP contribution in [0.3, 0.4) is 0 Å². The first-order valence-electron chi connectivity index (χ1n) is 6.44. The lowest BCUT2D eigenvalue weighted by Crippen LogP contribution is -2.42. The summed E-state index contributed by atoms with van der Waals surface area (Å²) >= 11 is 0. The number of amides is 1. The van der Waals surface area contributed by atoms with E-state index in [9.17, 15) is 14.7 Å². The van der Waals surface area contributed by atoms with E-state index in [1.807, 2.05) is 20.8 Å². The third kappa shape index (κ3) is 3.12. The average Bonchev–Trinajstić information content (AvgIpc) is 2.28. The number of hydrogen-bond acceptors (Lipinski definition) is 2. The summed E-state index contributed by atoms with van der Waals surface area (Å²) in [7, 11) is 0. The third-order valence-electron chi connectivity index (χ3n) is 3.97. The van der Waals surface area contributed by atoms with Crippen LogP contribution in [0.4, 0.5) is 0 Å². The molecule has 0 bridgehead atoms. The molecule has 4 heteroatoms. The molecule has 0 radical (unpaired) electrons. The molecule has 4 nitrogen and oxygen atoms in total. The van der Waals surface area contributed by atoms with Gasteiger partial charge in [0, 0.05) is 19.5 Å². The fourth-order valence-electron chi connectivity index (χ4n) is 2.08. The summed E-state index contributed by atoms with van der Waals surface area (Å²) in [5.41, 5.74) is 0.197. The first kappa shape index (κ1) is 14.7. The van der Waals surface area contributed by atoms with Gasteiger partial charge in [-0.2, -0.15) is 0 Å². The topological polar surface area (TPSA) is 57.6 Å². The van der Waals surface area contributed by atoms with Crippen LogP contribution in [0.1, 0.15) is 40.5 Å². The number of aliphatic carboxylic acids is 1. The van der Waals surface area contributed by atoms with Gasteiger partial charge in [0.15, 0.2) is 0 Å². The highest BCUT2D eigenvalue weighted by Crippen LogP contribution is 2.32. The van der Waals surface area contributed by atoms with Crippen molar-refractivity contribution in [1.29, 1.82) is 0 Å². The molecule has 0 saturated carbocycles. The number of carbonyl (C=O) groups is 2. The first-order chi connectivity index (χ1) is 8.27. The van der Waals surface area contributed by atoms with Crippen molar-refractivity contribution in [3.05, 3.63) is 11.6 Å². The molecule has 18 heavy (non-hydrogen) atoms. The maximum absolute atomic E-state index is 12.2. The lowest BCUT2D eigenvalue weighted by Gasteiger charge is -2.33. The lowest BCUT2D eigenvalue weighted by molar-refractivity contribution is -0.155. The monoisotopic (exact) mass is 253 g/mol. The predicted octanol–water partition coefficient (Wildman–Crippen LogP) is 2.30. The number of carbonyl (C=O) groups excluding carboxylic acids is 1. The van der Waals surface area contributed by atoms with E-state index in [-0.39, 0.29) is 18.2 Å². The smallest absolute Gasteiger partial charge is 0.310 e. The molecular formula is C14H23NO3. The van der Waals surface area contributed by atoms with Crippen molar-refractivity contribution in [2.24, 2.45) is 11.3 Å². The summed E-state index contributed by atoms with van der Waals surface area (Å²) in [4.78, 5) is 25.3. The summed E-state index contributed by atoms with van der Waals surface area (Å²) < 4.78 is 0. The van der Waals surface area contributed by atoms with E-state index in [0.717, 1.165) is 6.42 Å². The molecule has 1 rings (SSSR count). The van der Waals surface area contributed by atoms with E-state index in [1.165, 1.54) is 5.57 Å². The third-order valence-corrected chi connectivity index (χ3v) is 3.97. The zero-order valence-corrected chi connectivity index (χ0v) is 11.7. The van der Waals surface area contributed by atoms with Crippen LogP contribution in [0.25, 0.3) is 0 Å². The molecule has 0 aromatic rings. The summed E-state index contributed by atoms with van der Waals surface area (Å²) in [5, 5.41) is 9.32. The minimum Gasteiger partial charge on any atom is -0.481 e. The Labute approximate surface area is 109 Å². The fourth-order valence-corrected chi connectivity index (χ4v) is 2.08. The number of nitrogens with zero attached hydrogens (tertiary/aromatic N) is 1. The second-order valence-corrected chi connectivity index (χ2v) is 5.71. The molecule has 1 N–H and O–H groups in total. The van der Waals surface area contributed by atoms with Crippen LogP contribution in [0.2, 0.25) is 0 Å². The second kappa shape index (κ2) is 5.55. The van der Waals surface area contributed by atoms with Gasteiger partial charge in [-0.1, -0.05) is 25.5 Å². The maximum atomic E-state index is 12.2. The van der Waals surface area contributed by atoms with Gasteiger partial charge in [0.05, 0.1) is 5.41 Å². The summed E-state index contributed by atoms with van der Waals surface area (Å²) in [6.45, 7) is 8.69. The van der Waals surface area contributed by atoms with Gasteiger partial charge >= 0.3 is 5.97 Å². The normalized spacial score (nSPS) is 19.4. The number of carboxylic acid groups (broad SMARTS) is 1. The average molecular weight is 253 g/mol. The van der Waals surface area contributed by atoms with E-state index in [1.54, 1.807) is 11.8 Å². The van der Waals surface area contributed by atoms with E-state index >= 15 is 0 Å². The minimum absolute atomic E-state index is 0.0546. The van der Waals surface area contributed by atoms with Gasteiger partial charge in [-0.3, -0.25) is 9.59 Å². The van der Waals surface area contributed by atoms with Gasteiger partial charge in [-0.25, -0.2) is 0 Å². The Kier molecular flexibility index (Phi) is 4.54. The van der Waals surface area contributed by atoms with Crippen molar-refractivity contribution in [3.8, 4) is 0 Å². The van der Waals surface area contributed by atoms with Gasteiger partial charge in [0.25, 0.3) is 0 Å². The Bertz CT molecular complexity index is 373. The molecular weight excluding hydrogens is 230 g/mol. The van der Waals surface area contributed by atoms with Crippen LogP contribution in [-0.2, 0) is 9.59 Å². The zero-order chi connectivity index (χ0) is 13.9. The molecule has 0 aromatic carbocycles. The Morgan fingerprint density at radius 1 is 1.50 bits per heavy atom. The van der Waals surface area contributed by atoms with Crippen molar-refractivity contribution in [1.82, 2.24) is 4.90 Å². The van der Waals surface area contributed by atoms with Crippen molar-refractivity contribution in [2.45, 2.75) is 40.5 Å². The Morgan fingerprint density at radius 2 is 2.11 bits per heavy atom. The minimum atomic E-state index is -0.980. The highest BCUT2D eigenvalue weighted by molar-refractivity contribution is 5.85. The lowest BCUT2D eigenvalue weighted by atomic mass is 9.76. The van der Waals surface area contributed by atoms with Gasteiger partial charge in [-0.15, -0.1) is 0 Å². The molecule has 1 amide bonds. The van der Waals surface area contributed by atoms with Crippen LogP contribution in [0, 0.1) is 11.3 Å². The van der Waals surface area contributed by atoms with E-state index in [0.29, 0.717) is 13.1 Å². The molecule has 1 atom stereocenters. The molecule has 0 fully saturated rings. The van der Waals surface area contributed by atoms with Crippen LogP contribution >= 0.6 is 0 Å². The Morgan fingerprint density at radius 3 is 2.56 bits per heavy atom. The first-order valence-corrected chi connectivity index (χ1v) is 6.44. The van der Waals surface area contributed by atoms with Gasteiger partial charge in [-0.05, 0) is 26.2 Å². The SMILES string of the molecule is CC1=CCCN(C(=O)CC(C)(C(=O)O)C(C)C)C1. The van der Waals surface area contributed by atoms with E-state index in [2.05, 4.69) is 6.08 Å². The standard InChI is InChI=1S/C14H23NO3/c1-10(2)14(4,13(17)18)8-12(16)15-7-5-6-11(3)9-15/h6,10H,5,7-9H2,1-4H3,(H,17,18). The molecule has 0 spiro atoms. The molecule has 1 unspecified atom stereocenters. The van der Waals surface area contributed by atoms with E-state index < -0.39 is 11.4 Å². The number of hydrogen-bond donors (Lipinski definition) is 1. The van der Waals surface area contributed by atoms with Crippen molar-refractivity contribution in [3.63, 3.8) is 0 Å². The van der Waals surface area contributed by atoms with Crippen LogP contribution in [-0.4, -0.2) is 35.0 Å². The molecule has 0 saturated heterocycles. The van der Waals surface area contributed by atoms with Gasteiger partial charge in [0.1, 0.15) is 0 Å². The fraction of sp³-hybridized carbons (Fsp3) is 0.714. The predicted molar refractivity (Wildman–Crippen MR) is 70.2 cm³/mol. The van der Waals surface area contributed by atoms with Crippen LogP contribution in [0.5, 0.6) is 0 Å². The van der Waals surface area contributed by atoms with E-state index in [4.69, 9.17) is 0 Å². The van der Waals surface area contributed by atoms with Crippen LogP contribution < -0.4 is 0 Å². The molecule has 1 heterocycles. The summed E-state index contributed by atoms with van der Waals surface area (Å²) in [6, 6.07) is 0. The van der Waals surface area contributed by atoms with Crippen molar-refractivity contribution < 1.29 is 14.7 Å². The summed E-state index contributed by atoms with van der Waals surface area (Å²) in [6.07, 6.45) is 3.07. The maximum Gasteiger partial charge on any atom is 0.310 e. The van der Waals surface area contributed by atoms with Crippen molar-refractivity contribution >= 4 is 11.9 Å². The van der Waals surface area contributed by atoms with Crippen molar-refractivity contribution in [2.75, 3.05) is 13.1 Å².